The number of amides is 1. The highest BCUT2D eigenvalue weighted by Crippen LogP contribution is 2.41. The summed E-state index contributed by atoms with van der Waals surface area (Å²) in [6, 6.07) is 8.19. The van der Waals surface area contributed by atoms with Gasteiger partial charge in [-0.2, -0.15) is 18.4 Å². The molecule has 1 saturated carbocycles. The summed E-state index contributed by atoms with van der Waals surface area (Å²) >= 11 is 0. The van der Waals surface area contributed by atoms with Crippen LogP contribution in [0.1, 0.15) is 31.2 Å². The Morgan fingerprint density at radius 3 is 2.57 bits per heavy atom. The van der Waals surface area contributed by atoms with Crippen LogP contribution in [0.15, 0.2) is 24.3 Å². The highest BCUT2D eigenvalue weighted by molar-refractivity contribution is 5.94. The predicted octanol–water partition coefficient (Wildman–Crippen LogP) is 3.87. The van der Waals surface area contributed by atoms with Gasteiger partial charge in [-0.05, 0) is 25.0 Å². The number of halogens is 3. The highest BCUT2D eigenvalue weighted by atomic mass is 19.4. The smallest absolute Gasteiger partial charge is 0.325 e. The molecular weight excluding hydrogens is 281 g/mol. The van der Waals surface area contributed by atoms with Gasteiger partial charge in [0.2, 0.25) is 5.91 Å². The summed E-state index contributed by atoms with van der Waals surface area (Å²) in [7, 11) is 0. The average molecular weight is 296 g/mol. The van der Waals surface area contributed by atoms with Crippen LogP contribution in [0, 0.1) is 23.2 Å². The molecule has 1 fully saturated rings. The quantitative estimate of drug-likeness (QED) is 0.900. The third-order valence-electron chi connectivity index (χ3n) is 3.83. The lowest BCUT2D eigenvalue weighted by atomic mass is 9.78. The van der Waals surface area contributed by atoms with E-state index in [1.165, 1.54) is 12.1 Å². The van der Waals surface area contributed by atoms with Crippen LogP contribution in [0.5, 0.6) is 0 Å². The van der Waals surface area contributed by atoms with Gasteiger partial charge < -0.3 is 5.32 Å². The molecule has 0 radical (unpaired) electrons. The fraction of sp³-hybridized carbons (Fsp3) is 0.467. The van der Waals surface area contributed by atoms with Gasteiger partial charge >= 0.3 is 6.18 Å². The number of rotatable bonds is 2. The summed E-state index contributed by atoms with van der Waals surface area (Å²) in [5.74, 6) is -3.33. The Balaban J connectivity index is 2.17. The zero-order chi connectivity index (χ0) is 15.5. The number of hydrogen-bond acceptors (Lipinski definition) is 2. The fourth-order valence-corrected chi connectivity index (χ4v) is 2.75. The Morgan fingerprint density at radius 1 is 1.24 bits per heavy atom. The first kappa shape index (κ1) is 15.4. The van der Waals surface area contributed by atoms with Crippen LogP contribution in [0.2, 0.25) is 0 Å². The van der Waals surface area contributed by atoms with Crippen LogP contribution in [0.25, 0.3) is 0 Å². The summed E-state index contributed by atoms with van der Waals surface area (Å²) in [4.78, 5) is 12.2. The molecule has 0 aromatic heterocycles. The molecule has 2 unspecified atom stereocenters. The van der Waals surface area contributed by atoms with Crippen molar-refractivity contribution in [2.24, 2.45) is 11.8 Å². The van der Waals surface area contributed by atoms with Crippen molar-refractivity contribution in [1.82, 2.24) is 0 Å². The molecule has 1 N–H and O–H groups in total. The molecule has 2 atom stereocenters. The molecule has 1 aromatic carbocycles. The number of nitrogens with one attached hydrogen (secondary N) is 1. The van der Waals surface area contributed by atoms with Gasteiger partial charge in [-0.3, -0.25) is 4.79 Å². The maximum absolute atomic E-state index is 13.0. The van der Waals surface area contributed by atoms with Crippen molar-refractivity contribution in [1.29, 1.82) is 5.26 Å². The van der Waals surface area contributed by atoms with Crippen LogP contribution in [-0.4, -0.2) is 12.1 Å². The minimum absolute atomic E-state index is 0.0124. The number of carbonyl (C=O) groups is 1. The Kier molecular flexibility index (Phi) is 4.51. The molecule has 1 amide bonds. The van der Waals surface area contributed by atoms with E-state index >= 15 is 0 Å². The molecule has 1 aliphatic rings. The molecule has 112 valence electrons. The van der Waals surface area contributed by atoms with Crippen LogP contribution < -0.4 is 5.32 Å². The highest BCUT2D eigenvalue weighted by Gasteiger charge is 2.48. The first-order valence-corrected chi connectivity index (χ1v) is 6.80. The van der Waals surface area contributed by atoms with E-state index in [1.807, 2.05) is 6.07 Å². The summed E-state index contributed by atoms with van der Waals surface area (Å²) in [6.45, 7) is 0. The second-order valence-corrected chi connectivity index (χ2v) is 5.19. The minimum atomic E-state index is -4.36. The van der Waals surface area contributed by atoms with E-state index in [1.54, 1.807) is 12.1 Å². The molecule has 0 bridgehead atoms. The first-order valence-electron chi connectivity index (χ1n) is 6.80. The maximum Gasteiger partial charge on any atom is 0.392 e. The monoisotopic (exact) mass is 296 g/mol. The molecule has 1 aromatic rings. The van der Waals surface area contributed by atoms with E-state index < -0.39 is 23.9 Å². The number of anilines is 1. The standard InChI is InChI=1S/C15H15F3N2O/c16-15(17,18)12-7-3-2-6-11(12)14(21)20-13-8-4-1-5-10(13)9-19/h1,4-5,8,11-12H,2-3,6-7H2,(H,20,21). The van der Waals surface area contributed by atoms with Gasteiger partial charge in [0.1, 0.15) is 6.07 Å². The Morgan fingerprint density at radius 2 is 1.90 bits per heavy atom. The number of hydrogen-bond donors (Lipinski definition) is 1. The van der Waals surface area contributed by atoms with Crippen molar-refractivity contribution in [3.8, 4) is 6.07 Å². The minimum Gasteiger partial charge on any atom is -0.325 e. The number of para-hydroxylation sites is 1. The molecule has 3 nitrogen and oxygen atoms in total. The molecule has 0 heterocycles. The lowest BCUT2D eigenvalue weighted by molar-refractivity contribution is -0.197. The van der Waals surface area contributed by atoms with E-state index in [4.69, 9.17) is 5.26 Å². The molecule has 2 rings (SSSR count). The van der Waals surface area contributed by atoms with Gasteiger partial charge in [-0.25, -0.2) is 0 Å². The van der Waals surface area contributed by atoms with Gasteiger partial charge in [0.15, 0.2) is 0 Å². The van der Waals surface area contributed by atoms with Gasteiger partial charge in [0.25, 0.3) is 0 Å². The van der Waals surface area contributed by atoms with Crippen molar-refractivity contribution < 1.29 is 18.0 Å². The Bertz CT molecular complexity index is 563. The summed E-state index contributed by atoms with van der Waals surface area (Å²) < 4.78 is 39.0. The largest absolute Gasteiger partial charge is 0.392 e. The SMILES string of the molecule is N#Cc1ccccc1NC(=O)C1CCCCC1C(F)(F)F. The second-order valence-electron chi connectivity index (χ2n) is 5.19. The van der Waals surface area contributed by atoms with Crippen LogP contribution in [0.4, 0.5) is 18.9 Å². The lowest BCUT2D eigenvalue weighted by Crippen LogP contribution is -2.39. The lowest BCUT2D eigenvalue weighted by Gasteiger charge is -2.32. The second kappa shape index (κ2) is 6.17. The van der Waals surface area contributed by atoms with Crippen molar-refractivity contribution in [3.05, 3.63) is 29.8 Å². The van der Waals surface area contributed by atoms with E-state index in [0.29, 0.717) is 12.8 Å². The summed E-state index contributed by atoms with van der Waals surface area (Å²) in [5, 5.41) is 11.4. The number of nitriles is 1. The maximum atomic E-state index is 13.0. The van der Waals surface area contributed by atoms with Crippen molar-refractivity contribution >= 4 is 11.6 Å². The molecule has 0 spiro atoms. The number of carbonyl (C=O) groups excluding carboxylic acids is 1. The zero-order valence-electron chi connectivity index (χ0n) is 11.3. The molecule has 1 aliphatic carbocycles. The van der Waals surface area contributed by atoms with Crippen LogP contribution >= 0.6 is 0 Å². The average Bonchev–Trinajstić information content (AvgIpc) is 2.47. The Hall–Kier alpha value is -2.03. The molecule has 0 saturated heterocycles. The third kappa shape index (κ3) is 3.54. The molecular formula is C15H15F3N2O. The zero-order valence-corrected chi connectivity index (χ0v) is 11.3. The van der Waals surface area contributed by atoms with Crippen LogP contribution in [0.3, 0.4) is 0 Å². The normalized spacial score (nSPS) is 22.4. The first-order chi connectivity index (χ1) is 9.93. The van der Waals surface area contributed by atoms with E-state index in [-0.39, 0.29) is 24.1 Å². The molecule has 21 heavy (non-hydrogen) atoms. The van der Waals surface area contributed by atoms with Crippen molar-refractivity contribution in [3.63, 3.8) is 0 Å². The van der Waals surface area contributed by atoms with Crippen LogP contribution in [-0.2, 0) is 4.79 Å². The van der Waals surface area contributed by atoms with E-state index in [9.17, 15) is 18.0 Å². The van der Waals surface area contributed by atoms with Gasteiger partial charge in [0, 0.05) is 5.92 Å². The fourth-order valence-electron chi connectivity index (χ4n) is 2.75. The number of benzene rings is 1. The number of nitrogens with zero attached hydrogens (tertiary/aromatic N) is 1. The third-order valence-corrected chi connectivity index (χ3v) is 3.83. The molecule has 6 heteroatoms. The van der Waals surface area contributed by atoms with E-state index in [0.717, 1.165) is 0 Å². The Labute approximate surface area is 120 Å². The van der Waals surface area contributed by atoms with Crippen molar-refractivity contribution in [2.75, 3.05) is 5.32 Å². The van der Waals surface area contributed by atoms with E-state index in [2.05, 4.69) is 5.32 Å². The van der Waals surface area contributed by atoms with Crippen molar-refractivity contribution in [2.45, 2.75) is 31.9 Å². The number of alkyl halides is 3. The molecule has 0 aliphatic heterocycles. The topological polar surface area (TPSA) is 52.9 Å². The summed E-state index contributed by atoms with van der Waals surface area (Å²) in [5.41, 5.74) is 0.502. The summed E-state index contributed by atoms with van der Waals surface area (Å²) in [6.07, 6.45) is -3.04. The van der Waals surface area contributed by atoms with Gasteiger partial charge in [-0.1, -0.05) is 25.0 Å². The van der Waals surface area contributed by atoms with Gasteiger partial charge in [-0.15, -0.1) is 0 Å². The van der Waals surface area contributed by atoms with Gasteiger partial charge in [0.05, 0.1) is 17.2 Å². The predicted molar refractivity (Wildman–Crippen MR) is 71.3 cm³/mol.